The van der Waals surface area contributed by atoms with Crippen LogP contribution in [0.5, 0.6) is 0 Å². The van der Waals surface area contributed by atoms with Crippen molar-refractivity contribution in [3.05, 3.63) is 63.7 Å². The normalized spacial score (nSPS) is 10.2. The molecule has 0 heterocycles. The summed E-state index contributed by atoms with van der Waals surface area (Å²) in [4.78, 5) is 21.2. The predicted octanol–water partition coefficient (Wildman–Crippen LogP) is 3.64. The number of nitrogens with zero attached hydrogens (tertiary/aromatic N) is 1. The van der Waals surface area contributed by atoms with E-state index in [1.807, 2.05) is 24.3 Å². The molecule has 0 atom stereocenters. The minimum absolute atomic E-state index is 0.101. The van der Waals surface area contributed by atoms with Gasteiger partial charge in [-0.3, -0.25) is 14.9 Å². The third-order valence-corrected chi connectivity index (χ3v) is 3.02. The highest BCUT2D eigenvalue weighted by molar-refractivity contribution is 5.84. The van der Waals surface area contributed by atoms with Crippen LogP contribution in [0.3, 0.4) is 0 Å². The lowest BCUT2D eigenvalue weighted by Gasteiger charge is -2.05. The number of hydrogen-bond donors (Lipinski definition) is 0. The van der Waals surface area contributed by atoms with E-state index in [9.17, 15) is 14.9 Å². The molecule has 0 radical (unpaired) electrons. The Morgan fingerprint density at radius 3 is 2.53 bits per heavy atom. The molecule has 0 unspecified atom stereocenters. The highest BCUT2D eigenvalue weighted by Gasteiger charge is 2.13. The minimum atomic E-state index is -0.546. The first kappa shape index (κ1) is 13.0. The van der Waals surface area contributed by atoms with Crippen LogP contribution in [-0.2, 0) is 6.42 Å². The van der Waals surface area contributed by atoms with Gasteiger partial charge in [-0.15, -0.1) is 0 Å². The lowest BCUT2D eigenvalue weighted by Crippen LogP contribution is -1.94. The van der Waals surface area contributed by atoms with Gasteiger partial charge in [-0.2, -0.15) is 0 Å². The van der Waals surface area contributed by atoms with Crippen LogP contribution in [0.4, 0.5) is 5.69 Å². The summed E-state index contributed by atoms with van der Waals surface area (Å²) in [6.45, 7) is 2.06. The molecule has 2 rings (SSSR count). The van der Waals surface area contributed by atoms with Gasteiger partial charge >= 0.3 is 0 Å². The molecule has 0 aliphatic rings. The van der Waals surface area contributed by atoms with Crippen molar-refractivity contribution in [2.75, 3.05) is 0 Å². The number of rotatable bonds is 4. The van der Waals surface area contributed by atoms with Crippen LogP contribution < -0.4 is 0 Å². The van der Waals surface area contributed by atoms with Gasteiger partial charge in [0, 0.05) is 6.07 Å². The van der Waals surface area contributed by atoms with Crippen LogP contribution in [0, 0.1) is 10.1 Å². The summed E-state index contributed by atoms with van der Waals surface area (Å²) in [5, 5.41) is 10.8. The number of carbonyl (C=O) groups is 1. The summed E-state index contributed by atoms with van der Waals surface area (Å²) in [6, 6.07) is 12.5. The quantitative estimate of drug-likeness (QED) is 0.476. The standard InChI is InChI=1S/C15H13NO3/c1-2-11-4-3-5-12(8-11)13-6-7-15(16(18)19)14(9-13)10-17/h3-10H,2H2,1H3. The fraction of sp³-hybridized carbons (Fsp3) is 0.133. The summed E-state index contributed by atoms with van der Waals surface area (Å²) in [6.07, 6.45) is 1.44. The maximum atomic E-state index is 10.9. The van der Waals surface area contributed by atoms with E-state index in [0.29, 0.717) is 6.29 Å². The molecule has 4 nitrogen and oxygen atoms in total. The molecule has 0 fully saturated rings. The molecule has 0 saturated heterocycles. The molecule has 0 aliphatic carbocycles. The van der Waals surface area contributed by atoms with Gasteiger partial charge in [-0.1, -0.05) is 31.2 Å². The average molecular weight is 255 g/mol. The largest absolute Gasteiger partial charge is 0.298 e. The van der Waals surface area contributed by atoms with Crippen molar-refractivity contribution in [1.29, 1.82) is 0 Å². The van der Waals surface area contributed by atoms with Crippen LogP contribution in [0.2, 0.25) is 0 Å². The van der Waals surface area contributed by atoms with Crippen molar-refractivity contribution in [2.45, 2.75) is 13.3 Å². The fourth-order valence-corrected chi connectivity index (χ4v) is 1.97. The van der Waals surface area contributed by atoms with E-state index in [0.717, 1.165) is 17.5 Å². The second kappa shape index (κ2) is 5.44. The number of nitro benzene ring substituents is 1. The number of aryl methyl sites for hydroxylation is 1. The smallest absolute Gasteiger partial charge is 0.279 e. The Kier molecular flexibility index (Phi) is 3.71. The van der Waals surface area contributed by atoms with E-state index in [1.165, 1.54) is 11.6 Å². The first-order valence-electron chi connectivity index (χ1n) is 5.98. The number of benzene rings is 2. The van der Waals surface area contributed by atoms with Crippen molar-refractivity contribution in [3.8, 4) is 11.1 Å². The Bertz CT molecular complexity index is 635. The molecule has 0 aromatic heterocycles. The highest BCUT2D eigenvalue weighted by atomic mass is 16.6. The molecule has 19 heavy (non-hydrogen) atoms. The first-order chi connectivity index (χ1) is 9.15. The molecule has 0 spiro atoms. The Morgan fingerprint density at radius 1 is 1.16 bits per heavy atom. The zero-order valence-electron chi connectivity index (χ0n) is 10.5. The minimum Gasteiger partial charge on any atom is -0.298 e. The van der Waals surface area contributed by atoms with Gasteiger partial charge in [-0.05, 0) is 35.2 Å². The Morgan fingerprint density at radius 2 is 1.89 bits per heavy atom. The van der Waals surface area contributed by atoms with Gasteiger partial charge in [0.1, 0.15) is 0 Å². The molecule has 0 amide bonds. The van der Waals surface area contributed by atoms with Gasteiger partial charge in [0.25, 0.3) is 5.69 Å². The van der Waals surface area contributed by atoms with E-state index in [4.69, 9.17) is 0 Å². The molecule has 0 aliphatic heterocycles. The summed E-state index contributed by atoms with van der Waals surface area (Å²) >= 11 is 0. The number of carbonyl (C=O) groups excluding carboxylic acids is 1. The zero-order valence-corrected chi connectivity index (χ0v) is 10.5. The molecule has 0 saturated carbocycles. The third kappa shape index (κ3) is 2.68. The topological polar surface area (TPSA) is 60.2 Å². The van der Waals surface area contributed by atoms with Gasteiger partial charge in [-0.25, -0.2) is 0 Å². The van der Waals surface area contributed by atoms with E-state index in [1.54, 1.807) is 12.1 Å². The SMILES string of the molecule is CCc1cccc(-c2ccc([N+](=O)[O-])c(C=O)c2)c1. The van der Waals surface area contributed by atoms with Crippen LogP contribution in [0.1, 0.15) is 22.8 Å². The second-order valence-electron chi connectivity index (χ2n) is 4.20. The molecule has 2 aromatic rings. The van der Waals surface area contributed by atoms with Crippen molar-refractivity contribution in [3.63, 3.8) is 0 Å². The molecule has 0 bridgehead atoms. The van der Waals surface area contributed by atoms with E-state index < -0.39 is 4.92 Å². The molecular weight excluding hydrogens is 242 g/mol. The van der Waals surface area contributed by atoms with Crippen molar-refractivity contribution in [1.82, 2.24) is 0 Å². The van der Waals surface area contributed by atoms with Crippen molar-refractivity contribution in [2.24, 2.45) is 0 Å². The number of hydrogen-bond acceptors (Lipinski definition) is 3. The van der Waals surface area contributed by atoms with E-state index in [-0.39, 0.29) is 11.3 Å². The zero-order chi connectivity index (χ0) is 13.8. The molecule has 4 heteroatoms. The highest BCUT2D eigenvalue weighted by Crippen LogP contribution is 2.26. The van der Waals surface area contributed by atoms with Crippen LogP contribution in [0.15, 0.2) is 42.5 Å². The monoisotopic (exact) mass is 255 g/mol. The van der Waals surface area contributed by atoms with Crippen LogP contribution >= 0.6 is 0 Å². The molecular formula is C15H13NO3. The lowest BCUT2D eigenvalue weighted by atomic mass is 10.00. The van der Waals surface area contributed by atoms with E-state index in [2.05, 4.69) is 6.92 Å². The maximum Gasteiger partial charge on any atom is 0.279 e. The predicted molar refractivity (Wildman–Crippen MR) is 73.3 cm³/mol. The number of aldehydes is 1. The Labute approximate surface area is 110 Å². The Balaban J connectivity index is 2.51. The third-order valence-electron chi connectivity index (χ3n) is 3.02. The average Bonchev–Trinajstić information content (AvgIpc) is 2.46. The molecule has 96 valence electrons. The summed E-state index contributed by atoms with van der Waals surface area (Å²) in [7, 11) is 0. The van der Waals surface area contributed by atoms with Crippen LogP contribution in [-0.4, -0.2) is 11.2 Å². The number of nitro groups is 1. The first-order valence-corrected chi connectivity index (χ1v) is 5.98. The molecule has 0 N–H and O–H groups in total. The van der Waals surface area contributed by atoms with Gasteiger partial charge in [0.05, 0.1) is 10.5 Å². The fourth-order valence-electron chi connectivity index (χ4n) is 1.97. The van der Waals surface area contributed by atoms with Gasteiger partial charge in [0.15, 0.2) is 6.29 Å². The Hall–Kier alpha value is -2.49. The second-order valence-corrected chi connectivity index (χ2v) is 4.20. The lowest BCUT2D eigenvalue weighted by molar-refractivity contribution is -0.385. The van der Waals surface area contributed by atoms with E-state index >= 15 is 0 Å². The van der Waals surface area contributed by atoms with Crippen molar-refractivity contribution >= 4 is 12.0 Å². The summed E-state index contributed by atoms with van der Waals surface area (Å²) < 4.78 is 0. The van der Waals surface area contributed by atoms with Gasteiger partial charge in [0.2, 0.25) is 0 Å². The summed E-state index contributed by atoms with van der Waals surface area (Å²) in [5.74, 6) is 0. The maximum absolute atomic E-state index is 10.9. The van der Waals surface area contributed by atoms with Crippen LogP contribution in [0.25, 0.3) is 11.1 Å². The molecule has 2 aromatic carbocycles. The van der Waals surface area contributed by atoms with Crippen molar-refractivity contribution < 1.29 is 9.72 Å². The summed E-state index contributed by atoms with van der Waals surface area (Å²) in [5.41, 5.74) is 2.89. The van der Waals surface area contributed by atoms with Gasteiger partial charge < -0.3 is 0 Å².